The van der Waals surface area contributed by atoms with Crippen LogP contribution >= 0.6 is 11.8 Å². The lowest BCUT2D eigenvalue weighted by molar-refractivity contribution is -0.130. The van der Waals surface area contributed by atoms with Crippen molar-refractivity contribution < 1.29 is 4.79 Å². The van der Waals surface area contributed by atoms with Crippen molar-refractivity contribution >= 4 is 17.7 Å². The summed E-state index contributed by atoms with van der Waals surface area (Å²) in [6.45, 7) is 10.9. The van der Waals surface area contributed by atoms with Crippen molar-refractivity contribution in [1.82, 2.24) is 10.2 Å². The van der Waals surface area contributed by atoms with Crippen LogP contribution in [0.5, 0.6) is 0 Å². The number of carbonyl (C=O) groups excluding carboxylic acids is 1. The Bertz CT molecular complexity index is 243. The zero-order chi connectivity index (χ0) is 12.2. The van der Waals surface area contributed by atoms with Crippen molar-refractivity contribution in [2.24, 2.45) is 0 Å². The van der Waals surface area contributed by atoms with Crippen LogP contribution < -0.4 is 5.32 Å². The maximum absolute atomic E-state index is 12.0. The summed E-state index contributed by atoms with van der Waals surface area (Å²) in [5.41, 5.74) is 0. The van der Waals surface area contributed by atoms with Crippen molar-refractivity contribution in [2.75, 3.05) is 25.4 Å². The first-order valence-corrected chi connectivity index (χ1v) is 7.08. The van der Waals surface area contributed by atoms with Gasteiger partial charge in [-0.15, -0.1) is 0 Å². The summed E-state index contributed by atoms with van der Waals surface area (Å²) in [6.07, 6.45) is 1.06. The van der Waals surface area contributed by atoms with E-state index >= 15 is 0 Å². The van der Waals surface area contributed by atoms with E-state index in [1.807, 2.05) is 16.7 Å². The third-order valence-corrected chi connectivity index (χ3v) is 4.29. The maximum Gasteiger partial charge on any atom is 0.236 e. The topological polar surface area (TPSA) is 32.3 Å². The van der Waals surface area contributed by atoms with Crippen LogP contribution in [0.3, 0.4) is 0 Å². The lowest BCUT2D eigenvalue weighted by atomic mass is 10.2. The first-order chi connectivity index (χ1) is 7.44. The summed E-state index contributed by atoms with van der Waals surface area (Å²) in [7, 11) is 0. The van der Waals surface area contributed by atoms with E-state index in [4.69, 9.17) is 0 Å². The number of hydrogen-bond acceptors (Lipinski definition) is 3. The molecule has 0 aliphatic carbocycles. The average Bonchev–Trinajstić information content (AvgIpc) is 2.23. The van der Waals surface area contributed by atoms with E-state index in [2.05, 4.69) is 33.0 Å². The van der Waals surface area contributed by atoms with Gasteiger partial charge in [-0.05, 0) is 27.2 Å². The third-order valence-electron chi connectivity index (χ3n) is 2.99. The molecule has 1 N–H and O–H groups in total. The second-order valence-electron chi connectivity index (χ2n) is 5.11. The third kappa shape index (κ3) is 4.34. The molecule has 0 radical (unpaired) electrons. The molecule has 0 bridgehead atoms. The number of nitrogens with one attached hydrogen (secondary N) is 1. The SMILES string of the molecule is CCC(C)NCC(=O)N1CCSC(C)(C)C1. The predicted octanol–water partition coefficient (Wildman–Crippen LogP) is 1.73. The molecule has 16 heavy (non-hydrogen) atoms. The highest BCUT2D eigenvalue weighted by molar-refractivity contribution is 8.00. The molecule has 0 aromatic carbocycles. The molecule has 3 nitrogen and oxygen atoms in total. The number of nitrogens with zero attached hydrogens (tertiary/aromatic N) is 1. The normalized spacial score (nSPS) is 21.9. The molecule has 0 aromatic rings. The van der Waals surface area contributed by atoms with Gasteiger partial charge in [0, 0.05) is 29.6 Å². The van der Waals surface area contributed by atoms with Crippen LogP contribution in [-0.4, -0.2) is 47.0 Å². The number of hydrogen-bond donors (Lipinski definition) is 1. The molecule has 1 saturated heterocycles. The Kier molecular flexibility index (Phi) is 5.12. The van der Waals surface area contributed by atoms with Crippen molar-refractivity contribution in [3.63, 3.8) is 0 Å². The molecule has 0 aromatic heterocycles. The molecule has 1 aliphatic heterocycles. The molecule has 0 saturated carbocycles. The van der Waals surface area contributed by atoms with Gasteiger partial charge in [-0.1, -0.05) is 6.92 Å². The van der Waals surface area contributed by atoms with E-state index in [1.54, 1.807) is 0 Å². The van der Waals surface area contributed by atoms with E-state index in [0.717, 1.165) is 25.3 Å². The van der Waals surface area contributed by atoms with Crippen LogP contribution in [0, 0.1) is 0 Å². The Hall–Kier alpha value is -0.220. The summed E-state index contributed by atoms with van der Waals surface area (Å²) < 4.78 is 0.213. The zero-order valence-electron chi connectivity index (χ0n) is 10.9. The fourth-order valence-corrected chi connectivity index (χ4v) is 2.86. The highest BCUT2D eigenvalue weighted by Crippen LogP contribution is 2.29. The molecule has 94 valence electrons. The van der Waals surface area contributed by atoms with Crippen molar-refractivity contribution in [3.05, 3.63) is 0 Å². The van der Waals surface area contributed by atoms with Crippen LogP contribution in [0.15, 0.2) is 0 Å². The van der Waals surface area contributed by atoms with Crippen molar-refractivity contribution in [1.29, 1.82) is 0 Å². The molecule has 1 fully saturated rings. The molecule has 4 heteroatoms. The number of amides is 1. The first-order valence-electron chi connectivity index (χ1n) is 6.10. The summed E-state index contributed by atoms with van der Waals surface area (Å²) in [6, 6.07) is 0.427. The summed E-state index contributed by atoms with van der Waals surface area (Å²) in [4.78, 5) is 14.0. The zero-order valence-corrected chi connectivity index (χ0v) is 11.7. The van der Waals surface area contributed by atoms with Gasteiger partial charge in [0.05, 0.1) is 6.54 Å². The van der Waals surface area contributed by atoms with Gasteiger partial charge in [-0.25, -0.2) is 0 Å². The summed E-state index contributed by atoms with van der Waals surface area (Å²) in [5.74, 6) is 1.30. The van der Waals surface area contributed by atoms with Gasteiger partial charge in [0.25, 0.3) is 0 Å². The maximum atomic E-state index is 12.0. The number of rotatable bonds is 4. The Morgan fingerprint density at radius 1 is 1.56 bits per heavy atom. The van der Waals surface area contributed by atoms with Gasteiger partial charge >= 0.3 is 0 Å². The van der Waals surface area contributed by atoms with E-state index in [0.29, 0.717) is 12.6 Å². The van der Waals surface area contributed by atoms with Gasteiger partial charge < -0.3 is 10.2 Å². The minimum atomic E-state index is 0.213. The Morgan fingerprint density at radius 2 is 2.25 bits per heavy atom. The second-order valence-corrected chi connectivity index (χ2v) is 6.92. The molecule has 1 atom stereocenters. The predicted molar refractivity (Wildman–Crippen MR) is 70.9 cm³/mol. The van der Waals surface area contributed by atoms with Crippen LogP contribution in [0.25, 0.3) is 0 Å². The largest absolute Gasteiger partial charge is 0.339 e. The Morgan fingerprint density at radius 3 is 2.81 bits per heavy atom. The highest BCUT2D eigenvalue weighted by Gasteiger charge is 2.29. The first kappa shape index (κ1) is 13.8. The van der Waals surface area contributed by atoms with Crippen LogP contribution in [0.4, 0.5) is 0 Å². The van der Waals surface area contributed by atoms with Gasteiger partial charge in [0.2, 0.25) is 5.91 Å². The average molecular weight is 244 g/mol. The fourth-order valence-electron chi connectivity index (χ4n) is 1.75. The summed E-state index contributed by atoms with van der Waals surface area (Å²) >= 11 is 1.96. The highest BCUT2D eigenvalue weighted by atomic mass is 32.2. The molecule has 1 rings (SSSR count). The molecule has 0 spiro atoms. The van der Waals surface area contributed by atoms with E-state index in [-0.39, 0.29) is 10.7 Å². The molecule has 1 aliphatic rings. The lowest BCUT2D eigenvalue weighted by Gasteiger charge is -2.37. The van der Waals surface area contributed by atoms with Gasteiger partial charge in [0.1, 0.15) is 0 Å². The van der Waals surface area contributed by atoms with Crippen LogP contribution in [0.1, 0.15) is 34.1 Å². The smallest absolute Gasteiger partial charge is 0.236 e. The number of thioether (sulfide) groups is 1. The van der Waals surface area contributed by atoms with Crippen molar-refractivity contribution in [2.45, 2.75) is 44.9 Å². The fraction of sp³-hybridized carbons (Fsp3) is 0.917. The molecule has 1 heterocycles. The van der Waals surface area contributed by atoms with E-state index in [1.165, 1.54) is 0 Å². The Balaban J connectivity index is 2.36. The van der Waals surface area contributed by atoms with E-state index < -0.39 is 0 Å². The standard InChI is InChI=1S/C12H24N2OS/c1-5-10(2)13-8-11(15)14-6-7-16-12(3,4)9-14/h10,13H,5-9H2,1-4H3. The monoisotopic (exact) mass is 244 g/mol. The van der Waals surface area contributed by atoms with Crippen molar-refractivity contribution in [3.8, 4) is 0 Å². The minimum Gasteiger partial charge on any atom is -0.339 e. The molecule has 1 amide bonds. The quantitative estimate of drug-likeness (QED) is 0.817. The van der Waals surface area contributed by atoms with Gasteiger partial charge in [0.15, 0.2) is 0 Å². The molecule has 1 unspecified atom stereocenters. The molecular formula is C12H24N2OS. The van der Waals surface area contributed by atoms with E-state index in [9.17, 15) is 4.79 Å². The van der Waals surface area contributed by atoms with Gasteiger partial charge in [-0.2, -0.15) is 11.8 Å². The van der Waals surface area contributed by atoms with Gasteiger partial charge in [-0.3, -0.25) is 4.79 Å². The Labute approximate surface area is 103 Å². The second kappa shape index (κ2) is 5.92. The minimum absolute atomic E-state index is 0.213. The summed E-state index contributed by atoms with van der Waals surface area (Å²) in [5, 5.41) is 3.26. The number of carbonyl (C=O) groups is 1. The van der Waals surface area contributed by atoms with Crippen LogP contribution in [0.2, 0.25) is 0 Å². The lowest BCUT2D eigenvalue weighted by Crippen LogP contribution is -2.49. The molecular weight excluding hydrogens is 220 g/mol. The van der Waals surface area contributed by atoms with Crippen LogP contribution in [-0.2, 0) is 4.79 Å².